The molecule has 53 heavy (non-hydrogen) atoms. The summed E-state index contributed by atoms with van der Waals surface area (Å²) < 4.78 is 16.7. The Morgan fingerprint density at radius 3 is 1.08 bits per heavy atom. The van der Waals surface area contributed by atoms with Crippen LogP contribution in [0.25, 0.3) is 0 Å². The Morgan fingerprint density at radius 1 is 0.396 bits per heavy atom. The van der Waals surface area contributed by atoms with Gasteiger partial charge in [-0.3, -0.25) is 14.4 Å². The van der Waals surface area contributed by atoms with E-state index in [9.17, 15) is 14.4 Å². The zero-order chi connectivity index (χ0) is 39.0. The van der Waals surface area contributed by atoms with Gasteiger partial charge in [0.1, 0.15) is 13.2 Å². The molecule has 0 N–H and O–H groups in total. The third-order valence-corrected chi connectivity index (χ3v) is 10.8. The quantitative estimate of drug-likeness (QED) is 0.0352. The molecule has 0 aliphatic heterocycles. The van der Waals surface area contributed by atoms with Crippen LogP contribution in [0, 0.1) is 11.8 Å². The van der Waals surface area contributed by atoms with E-state index < -0.39 is 6.10 Å². The Labute approximate surface area is 329 Å². The minimum absolute atomic E-state index is 0.0650. The molecule has 6 nitrogen and oxygen atoms in total. The number of rotatable bonds is 41. The van der Waals surface area contributed by atoms with Gasteiger partial charge >= 0.3 is 17.9 Å². The third-order valence-electron chi connectivity index (χ3n) is 10.8. The molecule has 0 fully saturated rings. The zero-order valence-electron chi connectivity index (χ0n) is 36.1. The second kappa shape index (κ2) is 40.1. The number of carbonyl (C=O) groups is 3. The van der Waals surface area contributed by atoms with Gasteiger partial charge in [0.15, 0.2) is 6.10 Å². The van der Waals surface area contributed by atoms with E-state index in [0.29, 0.717) is 19.3 Å². The SMILES string of the molecule is CCCCCCCCCCCC(=O)O[C@H](COC(=O)CCCCCCCCCCCCC(C)CC)COC(=O)CCCCCCCCCCCC(C)C. The Hall–Kier alpha value is -1.59. The maximum absolute atomic E-state index is 12.7. The highest BCUT2D eigenvalue weighted by Crippen LogP contribution is 2.17. The molecule has 0 saturated heterocycles. The molecule has 6 heteroatoms. The van der Waals surface area contributed by atoms with Crippen molar-refractivity contribution in [2.24, 2.45) is 11.8 Å². The van der Waals surface area contributed by atoms with Gasteiger partial charge in [-0.25, -0.2) is 0 Å². The van der Waals surface area contributed by atoms with Crippen LogP contribution in [0.15, 0.2) is 0 Å². The van der Waals surface area contributed by atoms with Gasteiger partial charge in [0.2, 0.25) is 0 Å². The van der Waals surface area contributed by atoms with Crippen LogP contribution in [-0.4, -0.2) is 37.2 Å². The molecule has 0 rings (SSSR count). The first-order chi connectivity index (χ1) is 25.8. The zero-order valence-corrected chi connectivity index (χ0v) is 36.1. The van der Waals surface area contributed by atoms with Crippen molar-refractivity contribution in [3.8, 4) is 0 Å². The fourth-order valence-electron chi connectivity index (χ4n) is 6.90. The minimum Gasteiger partial charge on any atom is -0.462 e. The highest BCUT2D eigenvalue weighted by Gasteiger charge is 2.19. The van der Waals surface area contributed by atoms with E-state index >= 15 is 0 Å². The van der Waals surface area contributed by atoms with Crippen molar-refractivity contribution in [3.63, 3.8) is 0 Å². The average molecular weight is 751 g/mol. The summed E-state index contributed by atoms with van der Waals surface area (Å²) >= 11 is 0. The van der Waals surface area contributed by atoms with Crippen molar-refractivity contribution >= 4 is 17.9 Å². The summed E-state index contributed by atoms with van der Waals surface area (Å²) in [7, 11) is 0. The summed E-state index contributed by atoms with van der Waals surface area (Å²) in [5.41, 5.74) is 0. The lowest BCUT2D eigenvalue weighted by Crippen LogP contribution is -2.30. The summed E-state index contributed by atoms with van der Waals surface area (Å²) in [6, 6.07) is 0. The first kappa shape index (κ1) is 51.4. The van der Waals surface area contributed by atoms with Crippen LogP contribution in [0.4, 0.5) is 0 Å². The maximum atomic E-state index is 12.7. The van der Waals surface area contributed by atoms with Gasteiger partial charge in [-0.05, 0) is 31.1 Å². The summed E-state index contributed by atoms with van der Waals surface area (Å²) in [5.74, 6) is 0.819. The van der Waals surface area contributed by atoms with Crippen LogP contribution < -0.4 is 0 Å². The molecule has 0 aliphatic rings. The largest absolute Gasteiger partial charge is 0.462 e. The molecule has 0 saturated carbocycles. The second-order valence-corrected chi connectivity index (χ2v) is 16.8. The van der Waals surface area contributed by atoms with Crippen molar-refractivity contribution in [1.29, 1.82) is 0 Å². The Bertz CT molecular complexity index is 811. The fourth-order valence-corrected chi connectivity index (χ4v) is 6.90. The summed E-state index contributed by atoms with van der Waals surface area (Å²) in [4.78, 5) is 37.7. The predicted molar refractivity (Wildman–Crippen MR) is 224 cm³/mol. The molecule has 0 aromatic rings. The van der Waals surface area contributed by atoms with Gasteiger partial charge in [-0.2, -0.15) is 0 Å². The molecule has 0 heterocycles. The van der Waals surface area contributed by atoms with Crippen LogP contribution in [0.1, 0.15) is 253 Å². The van der Waals surface area contributed by atoms with E-state index in [-0.39, 0.29) is 31.1 Å². The van der Waals surface area contributed by atoms with E-state index in [1.54, 1.807) is 0 Å². The second-order valence-electron chi connectivity index (χ2n) is 16.8. The lowest BCUT2D eigenvalue weighted by molar-refractivity contribution is -0.167. The van der Waals surface area contributed by atoms with Crippen molar-refractivity contribution in [2.45, 2.75) is 259 Å². The Morgan fingerprint density at radius 2 is 0.717 bits per heavy atom. The van der Waals surface area contributed by atoms with Crippen LogP contribution in [0.5, 0.6) is 0 Å². The smallest absolute Gasteiger partial charge is 0.306 e. The van der Waals surface area contributed by atoms with Gasteiger partial charge in [-0.15, -0.1) is 0 Å². The number of ether oxygens (including phenoxy) is 3. The van der Waals surface area contributed by atoms with Gasteiger partial charge in [0, 0.05) is 19.3 Å². The molecule has 0 spiro atoms. The van der Waals surface area contributed by atoms with Crippen molar-refractivity contribution < 1.29 is 28.6 Å². The van der Waals surface area contributed by atoms with Crippen LogP contribution in [-0.2, 0) is 28.6 Å². The van der Waals surface area contributed by atoms with Crippen LogP contribution in [0.2, 0.25) is 0 Å². The highest BCUT2D eigenvalue weighted by molar-refractivity contribution is 5.71. The molecule has 0 aromatic carbocycles. The van der Waals surface area contributed by atoms with Gasteiger partial charge < -0.3 is 14.2 Å². The summed E-state index contributed by atoms with van der Waals surface area (Å²) in [5, 5.41) is 0. The maximum Gasteiger partial charge on any atom is 0.306 e. The predicted octanol–water partition coefficient (Wildman–Crippen LogP) is 14.6. The van der Waals surface area contributed by atoms with Crippen molar-refractivity contribution in [1.82, 2.24) is 0 Å². The van der Waals surface area contributed by atoms with Gasteiger partial charge in [0.05, 0.1) is 0 Å². The van der Waals surface area contributed by atoms with E-state index in [4.69, 9.17) is 14.2 Å². The molecule has 0 bridgehead atoms. The number of carbonyl (C=O) groups excluding carboxylic acids is 3. The van der Waals surface area contributed by atoms with E-state index in [1.807, 2.05) is 0 Å². The molecule has 0 amide bonds. The number of esters is 3. The van der Waals surface area contributed by atoms with Crippen molar-refractivity contribution in [2.75, 3.05) is 13.2 Å². The first-order valence-corrected chi connectivity index (χ1v) is 23.3. The lowest BCUT2D eigenvalue weighted by Gasteiger charge is -2.18. The summed E-state index contributed by atoms with van der Waals surface area (Å²) in [6.45, 7) is 11.3. The Kier molecular flexibility index (Phi) is 38.9. The standard InChI is InChI=1S/C47H90O6/c1-6-8-9-10-11-15-24-29-34-39-47(50)53-44(41-52-46(49)38-33-28-23-19-14-16-20-25-30-35-42(3)4)40-51-45(48)37-32-27-22-18-13-12-17-21-26-31-36-43(5)7-2/h42-44H,6-41H2,1-5H3/t43?,44-/m1/s1. The number of unbranched alkanes of at least 4 members (excludes halogenated alkanes) is 25. The molecule has 1 unspecified atom stereocenters. The molecule has 314 valence electrons. The minimum atomic E-state index is -0.760. The van der Waals surface area contributed by atoms with Crippen LogP contribution in [0.3, 0.4) is 0 Å². The molecule has 0 aliphatic carbocycles. The number of hydrogen-bond donors (Lipinski definition) is 0. The fraction of sp³-hybridized carbons (Fsp3) is 0.936. The third kappa shape index (κ3) is 39.9. The lowest BCUT2D eigenvalue weighted by atomic mass is 9.99. The van der Waals surface area contributed by atoms with E-state index in [2.05, 4.69) is 34.6 Å². The van der Waals surface area contributed by atoms with E-state index in [0.717, 1.165) is 69.6 Å². The molecular formula is C47H90O6. The van der Waals surface area contributed by atoms with Gasteiger partial charge in [0.25, 0.3) is 0 Å². The molecule has 0 aromatic heterocycles. The normalized spacial score (nSPS) is 12.6. The van der Waals surface area contributed by atoms with Gasteiger partial charge in [-0.1, -0.05) is 214 Å². The average Bonchev–Trinajstić information content (AvgIpc) is 3.14. The Balaban J connectivity index is 4.30. The molecular weight excluding hydrogens is 661 g/mol. The number of hydrogen-bond acceptors (Lipinski definition) is 6. The molecule has 0 radical (unpaired) electrons. The summed E-state index contributed by atoms with van der Waals surface area (Å²) in [6.07, 6.45) is 38.0. The van der Waals surface area contributed by atoms with Crippen molar-refractivity contribution in [3.05, 3.63) is 0 Å². The van der Waals surface area contributed by atoms with E-state index in [1.165, 1.54) is 141 Å². The monoisotopic (exact) mass is 751 g/mol. The topological polar surface area (TPSA) is 78.9 Å². The molecule has 2 atom stereocenters. The first-order valence-electron chi connectivity index (χ1n) is 23.3. The highest BCUT2D eigenvalue weighted by atomic mass is 16.6. The van der Waals surface area contributed by atoms with Crippen LogP contribution >= 0.6 is 0 Å².